The van der Waals surface area contributed by atoms with Crippen molar-refractivity contribution in [2.24, 2.45) is 0 Å². The summed E-state index contributed by atoms with van der Waals surface area (Å²) in [5.74, 6) is 1.06. The number of thiazole rings is 1. The van der Waals surface area contributed by atoms with Crippen LogP contribution in [-0.2, 0) is 22.6 Å². The molecule has 0 aromatic carbocycles. The Morgan fingerprint density at radius 2 is 2.15 bits per heavy atom. The Hall–Kier alpha value is -1.70. The zero-order valence-corrected chi connectivity index (χ0v) is 16.1. The molecule has 0 radical (unpaired) electrons. The van der Waals surface area contributed by atoms with E-state index in [0.717, 1.165) is 48.9 Å². The summed E-state index contributed by atoms with van der Waals surface area (Å²) in [5.41, 5.74) is 0.721. The number of ether oxygens (including phenoxy) is 1. The van der Waals surface area contributed by atoms with Crippen molar-refractivity contribution in [1.29, 1.82) is 0 Å². The van der Waals surface area contributed by atoms with Crippen LogP contribution in [-0.4, -0.2) is 52.0 Å². The molecule has 26 heavy (non-hydrogen) atoms. The largest absolute Gasteiger partial charge is 0.468 e. The summed E-state index contributed by atoms with van der Waals surface area (Å²) < 4.78 is 11.6. The van der Waals surface area contributed by atoms with Crippen LogP contribution in [0.25, 0.3) is 0 Å². The Balaban J connectivity index is 1.42. The SMILES string of the molecule is Cc1nc(CN2C(=O)COC3(CCN(Cc4ccco4)CC3)[C@@H]2C)cs1. The number of hydrogen-bond acceptors (Lipinski definition) is 6. The lowest BCUT2D eigenvalue weighted by atomic mass is 9.82. The van der Waals surface area contributed by atoms with Crippen LogP contribution in [0.4, 0.5) is 0 Å². The molecule has 6 nitrogen and oxygen atoms in total. The van der Waals surface area contributed by atoms with Crippen molar-refractivity contribution in [2.75, 3.05) is 19.7 Å². The van der Waals surface area contributed by atoms with E-state index in [1.54, 1.807) is 17.6 Å². The highest BCUT2D eigenvalue weighted by molar-refractivity contribution is 7.09. The van der Waals surface area contributed by atoms with E-state index in [1.165, 1.54) is 0 Å². The molecule has 1 amide bonds. The fourth-order valence-electron chi connectivity index (χ4n) is 4.06. The van der Waals surface area contributed by atoms with Crippen LogP contribution in [0.5, 0.6) is 0 Å². The monoisotopic (exact) mass is 375 g/mol. The summed E-state index contributed by atoms with van der Waals surface area (Å²) in [6.07, 6.45) is 3.57. The van der Waals surface area contributed by atoms with Crippen LogP contribution >= 0.6 is 11.3 Å². The van der Waals surface area contributed by atoms with E-state index < -0.39 is 0 Å². The van der Waals surface area contributed by atoms with Crippen molar-refractivity contribution in [3.8, 4) is 0 Å². The fourth-order valence-corrected chi connectivity index (χ4v) is 4.67. The average molecular weight is 375 g/mol. The second kappa shape index (κ2) is 7.13. The number of likely N-dealkylation sites (tertiary alicyclic amines) is 1. The number of furan rings is 1. The number of amides is 1. The molecule has 2 aromatic rings. The Labute approximate surface area is 157 Å². The van der Waals surface area contributed by atoms with E-state index in [2.05, 4.69) is 16.8 Å². The Bertz CT molecular complexity index is 750. The normalized spacial score (nSPS) is 23.7. The van der Waals surface area contributed by atoms with Crippen molar-refractivity contribution in [3.63, 3.8) is 0 Å². The van der Waals surface area contributed by atoms with Gasteiger partial charge in [-0.25, -0.2) is 4.98 Å². The number of carbonyl (C=O) groups is 1. The first kappa shape index (κ1) is 17.7. The zero-order chi connectivity index (χ0) is 18.1. The van der Waals surface area contributed by atoms with Gasteiger partial charge in [-0.15, -0.1) is 11.3 Å². The highest BCUT2D eigenvalue weighted by Crippen LogP contribution is 2.36. The topological polar surface area (TPSA) is 58.8 Å². The lowest BCUT2D eigenvalue weighted by molar-refractivity contribution is -0.188. The Kier molecular flexibility index (Phi) is 4.86. The van der Waals surface area contributed by atoms with Crippen LogP contribution in [0.2, 0.25) is 0 Å². The predicted molar refractivity (Wildman–Crippen MR) is 98.8 cm³/mol. The molecule has 140 valence electrons. The van der Waals surface area contributed by atoms with Gasteiger partial charge in [0.1, 0.15) is 12.4 Å². The standard InChI is InChI=1S/C19H25N3O3S/c1-14-19(5-7-21(8-6-19)11-17-4-3-9-24-17)25-12-18(23)22(14)10-16-13-26-15(2)20-16/h3-4,9,13-14H,5-8,10-12H2,1-2H3/t14-/m0/s1. The molecule has 2 aliphatic heterocycles. The molecular weight excluding hydrogens is 350 g/mol. The first-order valence-electron chi connectivity index (χ1n) is 9.15. The molecular formula is C19H25N3O3S. The Morgan fingerprint density at radius 3 is 2.81 bits per heavy atom. The molecule has 2 saturated heterocycles. The highest BCUT2D eigenvalue weighted by Gasteiger charge is 2.48. The maximum atomic E-state index is 12.5. The van der Waals surface area contributed by atoms with Crippen LogP contribution in [0, 0.1) is 6.92 Å². The third kappa shape index (κ3) is 3.43. The van der Waals surface area contributed by atoms with Crippen LogP contribution < -0.4 is 0 Å². The lowest BCUT2D eigenvalue weighted by Gasteiger charge is -2.51. The summed E-state index contributed by atoms with van der Waals surface area (Å²) >= 11 is 1.63. The van der Waals surface area contributed by atoms with Crippen molar-refractivity contribution in [1.82, 2.24) is 14.8 Å². The number of rotatable bonds is 4. The van der Waals surface area contributed by atoms with Gasteiger partial charge in [0.05, 0.1) is 41.7 Å². The summed E-state index contributed by atoms with van der Waals surface area (Å²) in [4.78, 5) is 21.3. The fraction of sp³-hybridized carbons (Fsp3) is 0.579. The van der Waals surface area contributed by atoms with E-state index >= 15 is 0 Å². The van der Waals surface area contributed by atoms with Crippen LogP contribution in [0.1, 0.15) is 36.2 Å². The number of carbonyl (C=O) groups excluding carboxylic acids is 1. The average Bonchev–Trinajstić information content (AvgIpc) is 3.29. The summed E-state index contributed by atoms with van der Waals surface area (Å²) in [7, 11) is 0. The zero-order valence-electron chi connectivity index (χ0n) is 15.3. The van der Waals surface area contributed by atoms with Crippen LogP contribution in [0.15, 0.2) is 28.2 Å². The number of morpholine rings is 1. The molecule has 2 aliphatic rings. The smallest absolute Gasteiger partial charge is 0.249 e. The minimum Gasteiger partial charge on any atom is -0.468 e. The third-order valence-corrected chi connectivity index (χ3v) is 6.52. The van der Waals surface area contributed by atoms with Crippen molar-refractivity contribution >= 4 is 17.2 Å². The molecule has 4 rings (SSSR count). The second-order valence-corrected chi connectivity index (χ2v) is 8.33. The van der Waals surface area contributed by atoms with Crippen LogP contribution in [0.3, 0.4) is 0 Å². The van der Waals surface area contributed by atoms with Crippen molar-refractivity contribution in [2.45, 2.75) is 51.4 Å². The minimum absolute atomic E-state index is 0.0523. The molecule has 7 heteroatoms. The number of nitrogens with zero attached hydrogens (tertiary/aromatic N) is 3. The highest BCUT2D eigenvalue weighted by atomic mass is 32.1. The molecule has 0 N–H and O–H groups in total. The third-order valence-electron chi connectivity index (χ3n) is 5.69. The van der Waals surface area contributed by atoms with E-state index in [1.807, 2.05) is 29.3 Å². The van der Waals surface area contributed by atoms with Gasteiger partial charge in [0.25, 0.3) is 0 Å². The molecule has 1 atom stereocenters. The molecule has 4 heterocycles. The number of hydrogen-bond donors (Lipinski definition) is 0. The first-order chi connectivity index (χ1) is 12.6. The van der Waals surface area contributed by atoms with Gasteiger partial charge in [-0.1, -0.05) is 0 Å². The first-order valence-corrected chi connectivity index (χ1v) is 10.0. The summed E-state index contributed by atoms with van der Waals surface area (Å²) in [6, 6.07) is 3.99. The molecule has 2 aromatic heterocycles. The van der Waals surface area contributed by atoms with Gasteiger partial charge in [0, 0.05) is 18.5 Å². The number of aryl methyl sites for hydroxylation is 1. The Morgan fingerprint density at radius 1 is 1.35 bits per heavy atom. The van der Waals surface area contributed by atoms with Crippen molar-refractivity contribution < 1.29 is 13.9 Å². The predicted octanol–water partition coefficient (Wildman–Crippen LogP) is 2.83. The van der Waals surface area contributed by atoms with Gasteiger partial charge in [0.15, 0.2) is 0 Å². The molecule has 0 bridgehead atoms. The van der Waals surface area contributed by atoms with Crippen molar-refractivity contribution in [3.05, 3.63) is 40.2 Å². The van der Waals surface area contributed by atoms with E-state index in [-0.39, 0.29) is 24.2 Å². The maximum absolute atomic E-state index is 12.5. The van der Waals surface area contributed by atoms with Gasteiger partial charge >= 0.3 is 0 Å². The van der Waals surface area contributed by atoms with Gasteiger partial charge in [-0.3, -0.25) is 9.69 Å². The van der Waals surface area contributed by atoms with E-state index in [4.69, 9.17) is 9.15 Å². The van der Waals surface area contributed by atoms with Gasteiger partial charge < -0.3 is 14.1 Å². The van der Waals surface area contributed by atoms with E-state index in [9.17, 15) is 4.79 Å². The number of aromatic nitrogens is 1. The molecule has 0 saturated carbocycles. The summed E-state index contributed by atoms with van der Waals surface area (Å²) in [5, 5.41) is 3.08. The molecule has 1 spiro atoms. The number of piperidine rings is 1. The maximum Gasteiger partial charge on any atom is 0.249 e. The summed E-state index contributed by atoms with van der Waals surface area (Å²) in [6.45, 7) is 7.59. The quantitative estimate of drug-likeness (QED) is 0.822. The minimum atomic E-state index is -0.251. The molecule has 0 unspecified atom stereocenters. The lowest BCUT2D eigenvalue weighted by Crippen LogP contribution is -2.63. The molecule has 0 aliphatic carbocycles. The van der Waals surface area contributed by atoms with Gasteiger partial charge in [0.2, 0.25) is 5.91 Å². The second-order valence-electron chi connectivity index (χ2n) is 7.26. The molecule has 2 fully saturated rings. The van der Waals surface area contributed by atoms with Gasteiger partial charge in [-0.05, 0) is 38.8 Å². The van der Waals surface area contributed by atoms with E-state index in [0.29, 0.717) is 6.54 Å². The van der Waals surface area contributed by atoms with Gasteiger partial charge in [-0.2, -0.15) is 0 Å².